The average Bonchev–Trinajstić information content (AvgIpc) is 2.87. The topological polar surface area (TPSA) is 29.5 Å². The molecule has 0 heterocycles. The van der Waals surface area contributed by atoms with Crippen molar-refractivity contribution in [3.63, 3.8) is 0 Å². The number of halogens is 3. The zero-order chi connectivity index (χ0) is 24.1. The molecule has 2 aromatic carbocycles. The minimum absolute atomic E-state index is 0.0260. The van der Waals surface area contributed by atoms with E-state index in [1.807, 2.05) is 19.1 Å². The molecular formula is C29H35F3O2. The summed E-state index contributed by atoms with van der Waals surface area (Å²) in [5, 5.41) is 9.30. The number of hydrogen-bond donors (Lipinski definition) is 1. The lowest BCUT2D eigenvalue weighted by atomic mass is 9.78. The van der Waals surface area contributed by atoms with Crippen molar-refractivity contribution in [3.8, 4) is 5.75 Å². The summed E-state index contributed by atoms with van der Waals surface area (Å²) in [5.41, 5.74) is 1.76. The molecule has 0 radical (unpaired) electrons. The highest BCUT2D eigenvalue weighted by Gasteiger charge is 2.26. The van der Waals surface area contributed by atoms with E-state index >= 15 is 0 Å². The van der Waals surface area contributed by atoms with E-state index in [9.17, 15) is 18.3 Å². The zero-order valence-electron chi connectivity index (χ0n) is 19.9. The zero-order valence-corrected chi connectivity index (χ0v) is 19.9. The Bertz CT molecular complexity index is 987. The van der Waals surface area contributed by atoms with Gasteiger partial charge in [0.2, 0.25) is 0 Å². The quantitative estimate of drug-likeness (QED) is 0.446. The van der Waals surface area contributed by atoms with E-state index in [-0.39, 0.29) is 24.3 Å². The van der Waals surface area contributed by atoms with Crippen LogP contribution in [0.25, 0.3) is 6.08 Å². The number of benzene rings is 2. The fourth-order valence-corrected chi connectivity index (χ4v) is 5.61. The molecule has 0 unspecified atom stereocenters. The Morgan fingerprint density at radius 1 is 0.882 bits per heavy atom. The second-order valence-electron chi connectivity index (χ2n) is 9.87. The minimum Gasteiger partial charge on any atom is -0.491 e. The molecule has 184 valence electrons. The van der Waals surface area contributed by atoms with Crippen LogP contribution in [0.5, 0.6) is 5.75 Å². The molecule has 2 aliphatic carbocycles. The standard InChI is InChI=1S/C29H35F3O2/c1-2-34-27-16-14-24(17-26(27)30)21-8-3-19(4-9-21)5-12-23-13-15-25(29(32)28(23)31)22-10-6-20(18-33)7-11-22/h5,12-17,19-22,33H,2-4,6-11,18H2,1H3/b12-5+. The van der Waals surface area contributed by atoms with Crippen molar-refractivity contribution < 1.29 is 23.0 Å². The predicted molar refractivity (Wildman–Crippen MR) is 129 cm³/mol. The van der Waals surface area contributed by atoms with Crippen LogP contribution in [0.15, 0.2) is 36.4 Å². The van der Waals surface area contributed by atoms with E-state index in [0.29, 0.717) is 35.3 Å². The monoisotopic (exact) mass is 472 g/mol. The lowest BCUT2D eigenvalue weighted by molar-refractivity contribution is 0.181. The molecule has 0 spiro atoms. The van der Waals surface area contributed by atoms with Gasteiger partial charge in [0.1, 0.15) is 0 Å². The molecular weight excluding hydrogens is 437 g/mol. The third-order valence-electron chi connectivity index (χ3n) is 7.73. The highest BCUT2D eigenvalue weighted by molar-refractivity contribution is 5.52. The second kappa shape index (κ2) is 11.4. The van der Waals surface area contributed by atoms with Crippen LogP contribution in [-0.2, 0) is 0 Å². The summed E-state index contributed by atoms with van der Waals surface area (Å²) in [6.45, 7) is 2.44. The van der Waals surface area contributed by atoms with Crippen molar-refractivity contribution in [2.24, 2.45) is 11.8 Å². The predicted octanol–water partition coefficient (Wildman–Crippen LogP) is 7.76. The Labute approximate surface area is 200 Å². The number of ether oxygens (including phenoxy) is 1. The van der Waals surface area contributed by atoms with Crippen molar-refractivity contribution in [3.05, 3.63) is 70.5 Å². The van der Waals surface area contributed by atoms with E-state index in [1.54, 1.807) is 30.3 Å². The first-order chi connectivity index (χ1) is 16.5. The third kappa shape index (κ3) is 5.68. The van der Waals surface area contributed by atoms with E-state index in [1.165, 1.54) is 0 Å². The fraction of sp³-hybridized carbons (Fsp3) is 0.517. The Morgan fingerprint density at radius 2 is 1.59 bits per heavy atom. The average molecular weight is 473 g/mol. The molecule has 4 rings (SSSR count). The van der Waals surface area contributed by atoms with Gasteiger partial charge in [-0.1, -0.05) is 30.4 Å². The number of rotatable bonds is 7. The molecule has 0 saturated heterocycles. The Hall–Kier alpha value is -2.27. The maximum absolute atomic E-state index is 14.8. The summed E-state index contributed by atoms with van der Waals surface area (Å²) >= 11 is 0. The van der Waals surface area contributed by atoms with Gasteiger partial charge in [0.25, 0.3) is 0 Å². The highest BCUT2D eigenvalue weighted by atomic mass is 19.2. The largest absolute Gasteiger partial charge is 0.491 e. The maximum Gasteiger partial charge on any atom is 0.166 e. The lowest BCUT2D eigenvalue weighted by Crippen LogP contribution is -2.17. The summed E-state index contributed by atoms with van der Waals surface area (Å²) in [7, 11) is 0. The molecule has 5 heteroatoms. The summed E-state index contributed by atoms with van der Waals surface area (Å²) in [4.78, 5) is 0. The maximum atomic E-state index is 14.8. The molecule has 0 aliphatic heterocycles. The van der Waals surface area contributed by atoms with Crippen molar-refractivity contribution in [1.82, 2.24) is 0 Å². The number of hydrogen-bond acceptors (Lipinski definition) is 2. The van der Waals surface area contributed by atoms with Gasteiger partial charge in [0.05, 0.1) is 6.61 Å². The first kappa shape index (κ1) is 24.8. The fourth-order valence-electron chi connectivity index (χ4n) is 5.61. The number of allylic oxidation sites excluding steroid dienone is 1. The highest BCUT2D eigenvalue weighted by Crippen LogP contribution is 2.39. The first-order valence-corrected chi connectivity index (χ1v) is 12.7. The van der Waals surface area contributed by atoms with Crippen molar-refractivity contribution in [2.75, 3.05) is 13.2 Å². The summed E-state index contributed by atoms with van der Waals surface area (Å²) in [6, 6.07) is 8.67. The molecule has 2 aromatic rings. The van der Waals surface area contributed by atoms with Crippen LogP contribution in [0.1, 0.15) is 86.8 Å². The SMILES string of the molecule is CCOc1ccc(C2CCC(/C=C/c3ccc(C4CCC(CO)CC4)c(F)c3F)CC2)cc1F. The van der Waals surface area contributed by atoms with Crippen LogP contribution in [0.2, 0.25) is 0 Å². The van der Waals surface area contributed by atoms with E-state index in [2.05, 4.69) is 0 Å². The van der Waals surface area contributed by atoms with Gasteiger partial charge in [0.15, 0.2) is 23.2 Å². The van der Waals surface area contributed by atoms with Crippen molar-refractivity contribution in [1.29, 1.82) is 0 Å². The lowest BCUT2D eigenvalue weighted by Gasteiger charge is -2.28. The van der Waals surface area contributed by atoms with Gasteiger partial charge in [-0.15, -0.1) is 0 Å². The first-order valence-electron chi connectivity index (χ1n) is 12.7. The van der Waals surface area contributed by atoms with Crippen LogP contribution >= 0.6 is 0 Å². The third-order valence-corrected chi connectivity index (χ3v) is 7.73. The van der Waals surface area contributed by atoms with Gasteiger partial charge < -0.3 is 9.84 Å². The van der Waals surface area contributed by atoms with Gasteiger partial charge in [-0.25, -0.2) is 13.2 Å². The molecule has 2 aliphatic rings. The smallest absolute Gasteiger partial charge is 0.166 e. The summed E-state index contributed by atoms with van der Waals surface area (Å²) < 4.78 is 49.2. The van der Waals surface area contributed by atoms with Gasteiger partial charge in [0, 0.05) is 12.2 Å². The molecule has 0 bridgehead atoms. The minimum atomic E-state index is -0.767. The van der Waals surface area contributed by atoms with Crippen LogP contribution in [0.4, 0.5) is 13.2 Å². The van der Waals surface area contributed by atoms with Gasteiger partial charge in [-0.2, -0.15) is 0 Å². The molecule has 0 amide bonds. The number of aliphatic hydroxyl groups excluding tert-OH is 1. The number of aliphatic hydroxyl groups is 1. The second-order valence-corrected chi connectivity index (χ2v) is 9.87. The Morgan fingerprint density at radius 3 is 2.24 bits per heavy atom. The molecule has 0 aromatic heterocycles. The van der Waals surface area contributed by atoms with Crippen molar-refractivity contribution >= 4 is 6.08 Å². The normalized spacial score (nSPS) is 25.6. The molecule has 2 nitrogen and oxygen atoms in total. The van der Waals surface area contributed by atoms with Gasteiger partial charge >= 0.3 is 0 Å². The van der Waals surface area contributed by atoms with E-state index in [4.69, 9.17) is 4.74 Å². The summed E-state index contributed by atoms with van der Waals surface area (Å²) in [5.74, 6) is -0.589. The molecule has 1 N–H and O–H groups in total. The van der Waals surface area contributed by atoms with Gasteiger partial charge in [-0.3, -0.25) is 0 Å². The van der Waals surface area contributed by atoms with Crippen molar-refractivity contribution in [2.45, 2.75) is 70.1 Å². The Kier molecular flexibility index (Phi) is 8.36. The van der Waals surface area contributed by atoms with E-state index in [0.717, 1.165) is 56.9 Å². The van der Waals surface area contributed by atoms with E-state index < -0.39 is 11.6 Å². The molecule has 2 fully saturated rings. The molecule has 2 saturated carbocycles. The summed E-state index contributed by atoms with van der Waals surface area (Å²) in [6.07, 6.45) is 10.8. The molecule has 34 heavy (non-hydrogen) atoms. The van der Waals surface area contributed by atoms with Crippen LogP contribution in [0, 0.1) is 29.3 Å². The van der Waals surface area contributed by atoms with Crippen LogP contribution in [-0.4, -0.2) is 18.3 Å². The van der Waals surface area contributed by atoms with Crippen LogP contribution in [0.3, 0.4) is 0 Å². The molecule has 0 atom stereocenters. The van der Waals surface area contributed by atoms with Gasteiger partial charge in [-0.05, 0) is 105 Å². The van der Waals surface area contributed by atoms with Crippen LogP contribution < -0.4 is 4.74 Å². The Balaban J connectivity index is 1.35.